The van der Waals surface area contributed by atoms with E-state index in [0.717, 1.165) is 12.1 Å². The van der Waals surface area contributed by atoms with Crippen molar-refractivity contribution in [3.05, 3.63) is 23.8 Å². The Hall–Kier alpha value is -1.22. The van der Waals surface area contributed by atoms with Crippen LogP contribution >= 0.6 is 0 Å². The predicted molar refractivity (Wildman–Crippen MR) is 74.8 cm³/mol. The van der Waals surface area contributed by atoms with Crippen molar-refractivity contribution in [1.82, 2.24) is 5.32 Å². The van der Waals surface area contributed by atoms with Gasteiger partial charge in [-0.25, -0.2) is 0 Å². The van der Waals surface area contributed by atoms with Crippen molar-refractivity contribution in [3.8, 4) is 11.5 Å². The number of rotatable bonds is 4. The number of phenols is 2. The molecule has 0 radical (unpaired) electrons. The summed E-state index contributed by atoms with van der Waals surface area (Å²) in [5.41, 5.74) is 1.17. The molecule has 0 aliphatic carbocycles. The summed E-state index contributed by atoms with van der Waals surface area (Å²) in [6, 6.07) is 4.81. The fraction of sp³-hybridized carbons (Fsp3) is 0.600. The summed E-state index contributed by atoms with van der Waals surface area (Å²) >= 11 is 0. The Morgan fingerprint density at radius 3 is 2.00 bits per heavy atom. The average molecular weight is 251 g/mol. The van der Waals surface area contributed by atoms with Crippen molar-refractivity contribution in [2.75, 3.05) is 6.54 Å². The summed E-state index contributed by atoms with van der Waals surface area (Å²) in [4.78, 5) is 0. The highest BCUT2D eigenvalue weighted by Crippen LogP contribution is 2.27. The summed E-state index contributed by atoms with van der Waals surface area (Å²) < 4.78 is 0. The van der Waals surface area contributed by atoms with Gasteiger partial charge in [-0.15, -0.1) is 0 Å². The highest BCUT2D eigenvalue weighted by molar-refractivity contribution is 5.37. The second-order valence-electron chi connectivity index (χ2n) is 6.18. The number of nitrogens with one attached hydrogen (secondary N) is 1. The van der Waals surface area contributed by atoms with Gasteiger partial charge in [0.1, 0.15) is 11.5 Å². The number of hydrogen-bond donors (Lipinski definition) is 3. The van der Waals surface area contributed by atoms with Crippen molar-refractivity contribution in [2.45, 2.75) is 40.7 Å². The van der Waals surface area contributed by atoms with E-state index < -0.39 is 0 Å². The van der Waals surface area contributed by atoms with E-state index in [1.807, 2.05) is 6.92 Å². The van der Waals surface area contributed by atoms with E-state index >= 15 is 0 Å². The Bertz CT molecular complexity index is 376. The molecule has 0 spiro atoms. The summed E-state index contributed by atoms with van der Waals surface area (Å²) in [7, 11) is 0. The maximum Gasteiger partial charge on any atom is 0.119 e. The highest BCUT2D eigenvalue weighted by Gasteiger charge is 2.20. The van der Waals surface area contributed by atoms with Crippen LogP contribution in [-0.2, 0) is 0 Å². The molecule has 0 saturated carbocycles. The van der Waals surface area contributed by atoms with Crippen LogP contribution in [0.5, 0.6) is 11.5 Å². The van der Waals surface area contributed by atoms with Crippen LogP contribution in [0.1, 0.15) is 46.2 Å². The maximum absolute atomic E-state index is 9.46. The molecule has 0 aliphatic rings. The lowest BCUT2D eigenvalue weighted by Crippen LogP contribution is -2.31. The third-order valence-electron chi connectivity index (χ3n) is 3.63. The van der Waals surface area contributed by atoms with E-state index in [1.54, 1.807) is 12.1 Å². The van der Waals surface area contributed by atoms with Gasteiger partial charge < -0.3 is 15.5 Å². The van der Waals surface area contributed by atoms with Crippen LogP contribution in [0.4, 0.5) is 0 Å². The van der Waals surface area contributed by atoms with Crippen LogP contribution in [0.25, 0.3) is 0 Å². The fourth-order valence-corrected chi connectivity index (χ4v) is 1.65. The number of benzene rings is 1. The Morgan fingerprint density at radius 2 is 1.56 bits per heavy atom. The summed E-state index contributed by atoms with van der Waals surface area (Å²) in [5.74, 6) is 0.746. The first-order chi connectivity index (χ1) is 8.20. The minimum atomic E-state index is 0.0996. The van der Waals surface area contributed by atoms with E-state index in [-0.39, 0.29) is 23.0 Å². The molecule has 102 valence electrons. The molecule has 0 heterocycles. The third kappa shape index (κ3) is 4.22. The second-order valence-corrected chi connectivity index (χ2v) is 6.18. The molecule has 1 rings (SSSR count). The monoisotopic (exact) mass is 251 g/mol. The van der Waals surface area contributed by atoms with E-state index in [4.69, 9.17) is 0 Å². The van der Waals surface area contributed by atoms with E-state index in [0.29, 0.717) is 5.92 Å². The SMILES string of the molecule is CC(NCC(C)C(C)(C)C)c1cc(O)cc(O)c1. The fourth-order valence-electron chi connectivity index (χ4n) is 1.65. The van der Waals surface area contributed by atoms with Crippen LogP contribution in [0.3, 0.4) is 0 Å². The summed E-state index contributed by atoms with van der Waals surface area (Å²) in [6.07, 6.45) is 0. The standard InChI is InChI=1S/C15H25NO2/c1-10(15(3,4)5)9-16-11(2)12-6-13(17)8-14(18)7-12/h6-8,10-11,16-18H,9H2,1-5H3. The van der Waals surface area contributed by atoms with Gasteiger partial charge in [-0.05, 0) is 42.5 Å². The molecule has 1 aromatic rings. The zero-order chi connectivity index (χ0) is 13.9. The Labute approximate surface area is 110 Å². The van der Waals surface area contributed by atoms with E-state index in [9.17, 15) is 10.2 Å². The van der Waals surface area contributed by atoms with Gasteiger partial charge in [0.15, 0.2) is 0 Å². The van der Waals surface area contributed by atoms with Gasteiger partial charge in [-0.3, -0.25) is 0 Å². The van der Waals surface area contributed by atoms with Crippen LogP contribution in [-0.4, -0.2) is 16.8 Å². The highest BCUT2D eigenvalue weighted by atomic mass is 16.3. The van der Waals surface area contributed by atoms with E-state index in [1.165, 1.54) is 6.07 Å². The molecule has 2 atom stereocenters. The zero-order valence-electron chi connectivity index (χ0n) is 12.0. The van der Waals surface area contributed by atoms with Crippen molar-refractivity contribution in [3.63, 3.8) is 0 Å². The molecule has 0 saturated heterocycles. The van der Waals surface area contributed by atoms with Gasteiger partial charge in [-0.1, -0.05) is 27.7 Å². The maximum atomic E-state index is 9.46. The molecule has 3 heteroatoms. The minimum Gasteiger partial charge on any atom is -0.508 e. The Kier molecular flexibility index (Phi) is 4.63. The molecule has 3 nitrogen and oxygen atoms in total. The largest absolute Gasteiger partial charge is 0.508 e. The molecule has 0 amide bonds. The molecular weight excluding hydrogens is 226 g/mol. The average Bonchev–Trinajstić information content (AvgIpc) is 2.22. The molecule has 18 heavy (non-hydrogen) atoms. The van der Waals surface area contributed by atoms with Gasteiger partial charge in [0, 0.05) is 12.1 Å². The van der Waals surface area contributed by atoms with Crippen molar-refractivity contribution >= 4 is 0 Å². The lowest BCUT2D eigenvalue weighted by Gasteiger charge is -2.29. The molecule has 2 unspecified atom stereocenters. The van der Waals surface area contributed by atoms with Crippen molar-refractivity contribution in [1.29, 1.82) is 0 Å². The number of phenolic OH excluding ortho intramolecular Hbond substituents is 2. The molecule has 1 aromatic carbocycles. The quantitative estimate of drug-likeness (QED) is 0.768. The lowest BCUT2D eigenvalue weighted by molar-refractivity contribution is 0.247. The van der Waals surface area contributed by atoms with Crippen LogP contribution in [0, 0.1) is 11.3 Å². The first-order valence-electron chi connectivity index (χ1n) is 6.46. The molecule has 0 bridgehead atoms. The van der Waals surface area contributed by atoms with E-state index in [2.05, 4.69) is 33.0 Å². The van der Waals surface area contributed by atoms with Gasteiger partial charge in [0.25, 0.3) is 0 Å². The van der Waals surface area contributed by atoms with Gasteiger partial charge in [0.05, 0.1) is 0 Å². The Morgan fingerprint density at radius 1 is 1.06 bits per heavy atom. The normalized spacial score (nSPS) is 15.4. The van der Waals surface area contributed by atoms with Crippen molar-refractivity contribution < 1.29 is 10.2 Å². The molecule has 3 N–H and O–H groups in total. The smallest absolute Gasteiger partial charge is 0.119 e. The number of aromatic hydroxyl groups is 2. The lowest BCUT2D eigenvalue weighted by atomic mass is 9.82. The van der Waals surface area contributed by atoms with Gasteiger partial charge in [-0.2, -0.15) is 0 Å². The topological polar surface area (TPSA) is 52.5 Å². The predicted octanol–water partition coefficient (Wildman–Crippen LogP) is 3.43. The summed E-state index contributed by atoms with van der Waals surface area (Å²) in [5, 5.41) is 22.4. The Balaban J connectivity index is 2.63. The van der Waals surface area contributed by atoms with Crippen LogP contribution in [0.2, 0.25) is 0 Å². The molecule has 0 fully saturated rings. The van der Waals surface area contributed by atoms with Gasteiger partial charge >= 0.3 is 0 Å². The third-order valence-corrected chi connectivity index (χ3v) is 3.63. The molecular formula is C15H25NO2. The first kappa shape index (κ1) is 14.8. The minimum absolute atomic E-state index is 0.0996. The van der Waals surface area contributed by atoms with Crippen LogP contribution in [0.15, 0.2) is 18.2 Å². The van der Waals surface area contributed by atoms with Crippen molar-refractivity contribution in [2.24, 2.45) is 11.3 Å². The zero-order valence-corrected chi connectivity index (χ0v) is 12.0. The second kappa shape index (κ2) is 5.61. The number of hydrogen-bond acceptors (Lipinski definition) is 3. The molecule has 0 aliphatic heterocycles. The summed E-state index contributed by atoms with van der Waals surface area (Å²) in [6.45, 7) is 11.8. The molecule has 0 aromatic heterocycles. The van der Waals surface area contributed by atoms with Gasteiger partial charge in [0.2, 0.25) is 0 Å². The van der Waals surface area contributed by atoms with Crippen LogP contribution < -0.4 is 5.32 Å². The first-order valence-corrected chi connectivity index (χ1v) is 6.46.